The van der Waals surface area contributed by atoms with Gasteiger partial charge < -0.3 is 14.4 Å². The third-order valence-electron chi connectivity index (χ3n) is 4.13. The maximum atomic E-state index is 10.3. The van der Waals surface area contributed by atoms with Crippen LogP contribution >= 0.6 is 0 Å². The van der Waals surface area contributed by atoms with Crippen LogP contribution in [0.2, 0.25) is 0 Å². The molecule has 7 heteroatoms. The number of pyridine rings is 1. The molecule has 0 bridgehead atoms. The lowest BCUT2D eigenvalue weighted by molar-refractivity contribution is 0.139. The number of β-amino-alcohol motifs (C(OH)–C–C–N with tert-alkyl or cyclic N) is 1. The van der Waals surface area contributed by atoms with Crippen LogP contribution in [-0.4, -0.2) is 58.0 Å². The first-order valence-corrected chi connectivity index (χ1v) is 7.84. The number of methoxy groups -OCH3 is 1. The van der Waals surface area contributed by atoms with E-state index in [4.69, 9.17) is 9.26 Å². The molecule has 1 aliphatic rings. The molecule has 1 N–H and O–H groups in total. The van der Waals surface area contributed by atoms with Crippen LogP contribution in [0.15, 0.2) is 29.0 Å². The van der Waals surface area contributed by atoms with Gasteiger partial charge in [-0.1, -0.05) is 5.16 Å². The van der Waals surface area contributed by atoms with Crippen molar-refractivity contribution in [3.05, 3.63) is 41.8 Å². The summed E-state index contributed by atoms with van der Waals surface area (Å²) in [5.41, 5.74) is 1.20. The molecule has 0 aromatic carbocycles. The molecule has 0 radical (unpaired) electrons. The van der Waals surface area contributed by atoms with E-state index in [2.05, 4.69) is 20.0 Å². The molecule has 124 valence electrons. The fourth-order valence-corrected chi connectivity index (χ4v) is 2.93. The molecule has 23 heavy (non-hydrogen) atoms. The van der Waals surface area contributed by atoms with E-state index in [1.165, 1.54) is 5.56 Å². The number of hydrogen-bond acceptors (Lipinski definition) is 7. The van der Waals surface area contributed by atoms with Gasteiger partial charge in [0.15, 0.2) is 5.82 Å². The van der Waals surface area contributed by atoms with E-state index >= 15 is 0 Å². The minimum atomic E-state index is -0.334. The van der Waals surface area contributed by atoms with E-state index in [-0.39, 0.29) is 12.0 Å². The Hall–Kier alpha value is -1.83. The smallest absolute Gasteiger partial charge is 0.240 e. The van der Waals surface area contributed by atoms with Crippen molar-refractivity contribution in [2.45, 2.75) is 25.5 Å². The number of hydrogen-bond donors (Lipinski definition) is 1. The highest BCUT2D eigenvalue weighted by Gasteiger charge is 2.32. The fraction of sp³-hybridized carbons (Fsp3) is 0.562. The molecule has 3 heterocycles. The molecule has 0 spiro atoms. The molecule has 2 atom stereocenters. The summed E-state index contributed by atoms with van der Waals surface area (Å²) in [5, 5.41) is 14.2. The molecule has 0 saturated carbocycles. The Balaban J connectivity index is 1.53. The minimum Gasteiger partial charge on any atom is -0.391 e. The van der Waals surface area contributed by atoms with Gasteiger partial charge >= 0.3 is 0 Å². The second-order valence-electron chi connectivity index (χ2n) is 5.93. The molecule has 0 amide bonds. The van der Waals surface area contributed by atoms with Gasteiger partial charge in [-0.3, -0.25) is 9.88 Å². The summed E-state index contributed by atoms with van der Waals surface area (Å²) in [6.07, 6.45) is 4.73. The molecule has 7 nitrogen and oxygen atoms in total. The van der Waals surface area contributed by atoms with Crippen LogP contribution in [0.3, 0.4) is 0 Å². The highest BCUT2D eigenvalue weighted by molar-refractivity contribution is 5.11. The summed E-state index contributed by atoms with van der Waals surface area (Å²) >= 11 is 0. The Bertz CT molecular complexity index is 604. The van der Waals surface area contributed by atoms with Crippen LogP contribution in [0.1, 0.15) is 17.3 Å². The zero-order valence-corrected chi connectivity index (χ0v) is 13.3. The van der Waals surface area contributed by atoms with E-state index < -0.39 is 0 Å². The largest absolute Gasteiger partial charge is 0.391 e. The van der Waals surface area contributed by atoms with Crippen molar-refractivity contribution < 1.29 is 14.4 Å². The van der Waals surface area contributed by atoms with Crippen molar-refractivity contribution >= 4 is 0 Å². The zero-order chi connectivity index (χ0) is 16.1. The summed E-state index contributed by atoms with van der Waals surface area (Å²) < 4.78 is 10.3. The van der Waals surface area contributed by atoms with Gasteiger partial charge in [0.1, 0.15) is 0 Å². The quantitative estimate of drug-likeness (QED) is 0.804. The number of rotatable bonds is 7. The van der Waals surface area contributed by atoms with Gasteiger partial charge in [0, 0.05) is 44.9 Å². The van der Waals surface area contributed by atoms with Crippen LogP contribution in [0.5, 0.6) is 0 Å². The van der Waals surface area contributed by atoms with Crippen molar-refractivity contribution in [2.75, 3.05) is 26.8 Å². The first-order chi connectivity index (χ1) is 11.2. The van der Waals surface area contributed by atoms with Gasteiger partial charge in [0.25, 0.3) is 0 Å². The molecule has 2 aromatic rings. The second kappa shape index (κ2) is 7.63. The first kappa shape index (κ1) is 16.0. The van der Waals surface area contributed by atoms with E-state index in [9.17, 15) is 5.11 Å². The van der Waals surface area contributed by atoms with Crippen molar-refractivity contribution in [1.29, 1.82) is 0 Å². The number of nitrogens with zero attached hydrogens (tertiary/aromatic N) is 4. The summed E-state index contributed by atoms with van der Waals surface area (Å²) in [6, 6.07) is 3.99. The minimum absolute atomic E-state index is 0.216. The number of likely N-dealkylation sites (tertiary alicyclic amines) is 1. The van der Waals surface area contributed by atoms with Crippen LogP contribution in [-0.2, 0) is 24.1 Å². The molecule has 0 unspecified atom stereocenters. The van der Waals surface area contributed by atoms with Gasteiger partial charge in [-0.2, -0.15) is 4.98 Å². The van der Waals surface area contributed by atoms with Gasteiger partial charge in [-0.25, -0.2) is 0 Å². The Kier molecular flexibility index (Phi) is 5.32. The summed E-state index contributed by atoms with van der Waals surface area (Å²) in [7, 11) is 1.65. The Morgan fingerprint density at radius 1 is 1.35 bits per heavy atom. The summed E-state index contributed by atoms with van der Waals surface area (Å²) in [4.78, 5) is 10.5. The van der Waals surface area contributed by atoms with Crippen LogP contribution in [0.25, 0.3) is 0 Å². The third kappa shape index (κ3) is 4.34. The van der Waals surface area contributed by atoms with Crippen molar-refractivity contribution in [2.24, 2.45) is 5.92 Å². The molecule has 1 fully saturated rings. The molecule has 3 rings (SSSR count). The fourth-order valence-electron chi connectivity index (χ4n) is 2.93. The van der Waals surface area contributed by atoms with Crippen LogP contribution in [0, 0.1) is 5.92 Å². The third-order valence-corrected chi connectivity index (χ3v) is 4.13. The highest BCUT2D eigenvalue weighted by atomic mass is 16.5. The molecule has 1 saturated heterocycles. The van der Waals surface area contributed by atoms with Crippen molar-refractivity contribution in [3.63, 3.8) is 0 Å². The number of aliphatic hydroxyl groups excluding tert-OH is 1. The Labute approximate surface area is 135 Å². The lowest BCUT2D eigenvalue weighted by atomic mass is 9.97. The first-order valence-electron chi connectivity index (χ1n) is 7.84. The standard InChI is InChI=1S/C16H22N4O3/c1-22-7-4-15-18-16(23-19-15)11-20-9-13(14(21)10-20)8-12-2-5-17-6-3-12/h2-3,5-6,13-14,21H,4,7-11H2,1H3/t13-,14-/m1/s1. The Morgan fingerprint density at radius 3 is 2.96 bits per heavy atom. The van der Waals surface area contributed by atoms with Gasteiger partial charge in [0.2, 0.25) is 5.89 Å². The Morgan fingerprint density at radius 2 is 2.17 bits per heavy atom. The second-order valence-corrected chi connectivity index (χ2v) is 5.93. The molecule has 1 aliphatic heterocycles. The van der Waals surface area contributed by atoms with E-state index in [1.54, 1.807) is 19.5 Å². The normalized spacial score (nSPS) is 21.8. The number of aliphatic hydroxyl groups is 1. The lowest BCUT2D eigenvalue weighted by Gasteiger charge is -2.13. The molecular formula is C16H22N4O3. The van der Waals surface area contributed by atoms with Gasteiger partial charge in [-0.05, 0) is 24.1 Å². The van der Waals surface area contributed by atoms with E-state index in [1.807, 2.05) is 12.1 Å². The van der Waals surface area contributed by atoms with Crippen molar-refractivity contribution in [3.8, 4) is 0 Å². The lowest BCUT2D eigenvalue weighted by Crippen LogP contribution is -2.21. The zero-order valence-electron chi connectivity index (χ0n) is 13.3. The van der Waals surface area contributed by atoms with Crippen LogP contribution < -0.4 is 0 Å². The van der Waals surface area contributed by atoms with E-state index in [0.29, 0.717) is 37.8 Å². The SMILES string of the molecule is COCCc1noc(CN2C[C@@H](Cc3ccncc3)[C@H](O)C2)n1. The summed E-state index contributed by atoms with van der Waals surface area (Å²) in [5.74, 6) is 1.47. The number of aromatic nitrogens is 3. The van der Waals surface area contributed by atoms with Crippen LogP contribution in [0.4, 0.5) is 0 Å². The average Bonchev–Trinajstić information content (AvgIpc) is 3.14. The predicted octanol–water partition coefficient (Wildman–Crippen LogP) is 0.689. The number of ether oxygens (including phenoxy) is 1. The summed E-state index contributed by atoms with van der Waals surface area (Å²) in [6.45, 7) is 2.60. The maximum absolute atomic E-state index is 10.3. The monoisotopic (exact) mass is 318 g/mol. The van der Waals surface area contributed by atoms with Gasteiger partial charge in [-0.15, -0.1) is 0 Å². The van der Waals surface area contributed by atoms with E-state index in [0.717, 1.165) is 13.0 Å². The predicted molar refractivity (Wildman–Crippen MR) is 82.6 cm³/mol. The molecule has 0 aliphatic carbocycles. The maximum Gasteiger partial charge on any atom is 0.240 e. The van der Waals surface area contributed by atoms with Gasteiger partial charge in [0.05, 0.1) is 19.3 Å². The van der Waals surface area contributed by atoms with Crippen molar-refractivity contribution in [1.82, 2.24) is 20.0 Å². The average molecular weight is 318 g/mol. The molecule has 2 aromatic heterocycles. The molecular weight excluding hydrogens is 296 g/mol. The topological polar surface area (TPSA) is 84.5 Å². The highest BCUT2D eigenvalue weighted by Crippen LogP contribution is 2.22.